The van der Waals surface area contributed by atoms with Crippen molar-refractivity contribution in [1.29, 1.82) is 0 Å². The average molecular weight is 351 g/mol. The Balaban J connectivity index is 1.58. The molecule has 0 N–H and O–H groups in total. The number of hydrogen-bond acceptors (Lipinski definition) is 5. The lowest BCUT2D eigenvalue weighted by Crippen LogP contribution is -2.41. The van der Waals surface area contributed by atoms with Gasteiger partial charge >= 0.3 is 7.12 Å². The van der Waals surface area contributed by atoms with E-state index in [2.05, 4.69) is 4.90 Å². The molecule has 0 bridgehead atoms. The SMILES string of the molecule is CC1(C)OB(c2ccc(OCCN3CCOCC3)cc2F)OC1(C)C. The Morgan fingerprint density at radius 2 is 1.76 bits per heavy atom. The maximum absolute atomic E-state index is 14.5. The van der Waals surface area contributed by atoms with Crippen molar-refractivity contribution in [3.05, 3.63) is 24.0 Å². The van der Waals surface area contributed by atoms with Crippen molar-refractivity contribution in [3.63, 3.8) is 0 Å². The predicted molar refractivity (Wildman–Crippen MR) is 94.9 cm³/mol. The average Bonchev–Trinajstić information content (AvgIpc) is 2.76. The van der Waals surface area contributed by atoms with Crippen LogP contribution in [0.15, 0.2) is 18.2 Å². The van der Waals surface area contributed by atoms with E-state index >= 15 is 0 Å². The maximum Gasteiger partial charge on any atom is 0.497 e. The van der Waals surface area contributed by atoms with Gasteiger partial charge in [0.25, 0.3) is 0 Å². The Kier molecular flexibility index (Phi) is 5.39. The van der Waals surface area contributed by atoms with Gasteiger partial charge in [0, 0.05) is 31.2 Å². The van der Waals surface area contributed by atoms with E-state index < -0.39 is 18.3 Å². The molecule has 138 valence electrons. The molecule has 2 saturated heterocycles. The highest BCUT2D eigenvalue weighted by atomic mass is 19.1. The summed E-state index contributed by atoms with van der Waals surface area (Å²) in [6, 6.07) is 4.85. The van der Waals surface area contributed by atoms with E-state index in [4.69, 9.17) is 18.8 Å². The molecule has 0 saturated carbocycles. The molecule has 0 radical (unpaired) electrons. The first-order valence-electron chi connectivity index (χ1n) is 8.86. The Labute approximate surface area is 149 Å². The molecule has 2 aliphatic heterocycles. The van der Waals surface area contributed by atoms with Crippen LogP contribution < -0.4 is 10.2 Å². The molecule has 5 nitrogen and oxygen atoms in total. The van der Waals surface area contributed by atoms with Crippen LogP contribution in [0.25, 0.3) is 0 Å². The molecule has 1 aromatic carbocycles. The van der Waals surface area contributed by atoms with Crippen LogP contribution in [0.5, 0.6) is 5.75 Å². The maximum atomic E-state index is 14.5. The molecule has 0 aliphatic carbocycles. The third-order valence-electron chi connectivity index (χ3n) is 5.26. The molecule has 2 heterocycles. The zero-order valence-electron chi connectivity index (χ0n) is 15.5. The van der Waals surface area contributed by atoms with Crippen LogP contribution in [0.2, 0.25) is 0 Å². The minimum atomic E-state index is -0.701. The largest absolute Gasteiger partial charge is 0.497 e. The van der Waals surface area contributed by atoms with Crippen molar-refractivity contribution in [2.75, 3.05) is 39.5 Å². The second kappa shape index (κ2) is 7.23. The summed E-state index contributed by atoms with van der Waals surface area (Å²) in [7, 11) is -0.701. The van der Waals surface area contributed by atoms with Gasteiger partial charge in [0.05, 0.1) is 24.4 Å². The Hall–Kier alpha value is -1.15. The monoisotopic (exact) mass is 351 g/mol. The van der Waals surface area contributed by atoms with Gasteiger partial charge in [-0.1, -0.05) is 6.07 Å². The number of hydrogen-bond donors (Lipinski definition) is 0. The summed E-state index contributed by atoms with van der Waals surface area (Å²) in [4.78, 5) is 2.28. The van der Waals surface area contributed by atoms with Gasteiger partial charge in [0.1, 0.15) is 18.2 Å². The van der Waals surface area contributed by atoms with E-state index in [1.165, 1.54) is 6.07 Å². The van der Waals surface area contributed by atoms with Crippen LogP contribution in [0.4, 0.5) is 4.39 Å². The van der Waals surface area contributed by atoms with E-state index in [9.17, 15) is 4.39 Å². The van der Waals surface area contributed by atoms with Crippen LogP contribution >= 0.6 is 0 Å². The number of halogens is 1. The molecule has 7 heteroatoms. The van der Waals surface area contributed by atoms with Gasteiger partial charge in [-0.2, -0.15) is 0 Å². The minimum Gasteiger partial charge on any atom is -0.492 e. The molecule has 2 fully saturated rings. The molecule has 1 aromatic rings. The summed E-state index contributed by atoms with van der Waals surface area (Å²) >= 11 is 0. The fraction of sp³-hybridized carbons (Fsp3) is 0.667. The first-order chi connectivity index (χ1) is 11.8. The standard InChI is InChI=1S/C18H27BFNO4/c1-17(2)18(3,4)25-19(24-17)15-6-5-14(13-16(15)20)23-12-9-21-7-10-22-11-8-21/h5-6,13H,7-12H2,1-4H3. The molecular formula is C18H27BFNO4. The minimum absolute atomic E-state index is 0.373. The number of nitrogens with zero attached hydrogens (tertiary/aromatic N) is 1. The summed E-state index contributed by atoms with van der Waals surface area (Å²) < 4.78 is 37.3. The summed E-state index contributed by atoms with van der Waals surface area (Å²) in [6.07, 6.45) is 0. The van der Waals surface area contributed by atoms with Crippen molar-refractivity contribution in [2.24, 2.45) is 0 Å². The highest BCUT2D eigenvalue weighted by Crippen LogP contribution is 2.36. The van der Waals surface area contributed by atoms with Crippen LogP contribution in [-0.4, -0.2) is 62.7 Å². The lowest BCUT2D eigenvalue weighted by Gasteiger charge is -2.32. The third-order valence-corrected chi connectivity index (χ3v) is 5.26. The summed E-state index contributed by atoms with van der Waals surface area (Å²) in [5.41, 5.74) is -0.575. The van der Waals surface area contributed by atoms with Crippen LogP contribution in [-0.2, 0) is 14.0 Å². The van der Waals surface area contributed by atoms with Crippen molar-refractivity contribution >= 4 is 12.6 Å². The van der Waals surface area contributed by atoms with E-state index in [-0.39, 0.29) is 5.82 Å². The van der Waals surface area contributed by atoms with E-state index in [0.717, 1.165) is 32.8 Å². The Bertz CT molecular complexity index is 589. The molecule has 0 spiro atoms. The second-order valence-electron chi connectivity index (χ2n) is 7.57. The highest BCUT2D eigenvalue weighted by molar-refractivity contribution is 6.62. The lowest BCUT2D eigenvalue weighted by atomic mass is 9.78. The van der Waals surface area contributed by atoms with Gasteiger partial charge in [-0.05, 0) is 33.8 Å². The van der Waals surface area contributed by atoms with Crippen molar-refractivity contribution in [3.8, 4) is 5.75 Å². The summed E-state index contributed by atoms with van der Waals surface area (Å²) in [5.74, 6) is 0.147. The summed E-state index contributed by atoms with van der Waals surface area (Å²) in [6.45, 7) is 12.5. The molecule has 25 heavy (non-hydrogen) atoms. The molecule has 0 amide bonds. The molecule has 0 aromatic heterocycles. The number of rotatable bonds is 5. The first kappa shape index (κ1) is 18.6. The van der Waals surface area contributed by atoms with Crippen molar-refractivity contribution in [1.82, 2.24) is 4.90 Å². The fourth-order valence-electron chi connectivity index (χ4n) is 2.88. The van der Waals surface area contributed by atoms with Gasteiger partial charge < -0.3 is 18.8 Å². The zero-order chi connectivity index (χ0) is 18.1. The number of benzene rings is 1. The predicted octanol–water partition coefficient (Wildman–Crippen LogP) is 1.84. The fourth-order valence-corrected chi connectivity index (χ4v) is 2.88. The van der Waals surface area contributed by atoms with E-state index in [1.807, 2.05) is 27.7 Å². The Morgan fingerprint density at radius 3 is 2.36 bits per heavy atom. The van der Waals surface area contributed by atoms with Crippen LogP contribution in [0.1, 0.15) is 27.7 Å². The zero-order valence-corrected chi connectivity index (χ0v) is 15.5. The third kappa shape index (κ3) is 4.16. The highest BCUT2D eigenvalue weighted by Gasteiger charge is 2.52. The van der Waals surface area contributed by atoms with Gasteiger partial charge in [-0.3, -0.25) is 4.90 Å². The second-order valence-corrected chi connectivity index (χ2v) is 7.57. The lowest BCUT2D eigenvalue weighted by molar-refractivity contribution is 0.00578. The summed E-state index contributed by atoms with van der Waals surface area (Å²) in [5, 5.41) is 0. The normalized spacial score (nSPS) is 23.0. The van der Waals surface area contributed by atoms with Gasteiger partial charge in [-0.25, -0.2) is 4.39 Å². The van der Waals surface area contributed by atoms with E-state index in [0.29, 0.717) is 17.8 Å². The van der Waals surface area contributed by atoms with Crippen molar-refractivity contribution in [2.45, 2.75) is 38.9 Å². The molecule has 0 atom stereocenters. The van der Waals surface area contributed by atoms with Crippen LogP contribution in [0, 0.1) is 5.82 Å². The van der Waals surface area contributed by atoms with Gasteiger partial charge in [-0.15, -0.1) is 0 Å². The quantitative estimate of drug-likeness (QED) is 0.757. The molecule has 3 rings (SSSR count). The molecular weight excluding hydrogens is 324 g/mol. The number of morpholine rings is 1. The molecule has 0 unspecified atom stereocenters. The topological polar surface area (TPSA) is 40.2 Å². The van der Waals surface area contributed by atoms with Crippen molar-refractivity contribution < 1.29 is 23.2 Å². The van der Waals surface area contributed by atoms with Crippen LogP contribution in [0.3, 0.4) is 0 Å². The first-order valence-corrected chi connectivity index (χ1v) is 8.86. The Morgan fingerprint density at radius 1 is 1.12 bits per heavy atom. The smallest absolute Gasteiger partial charge is 0.492 e. The van der Waals surface area contributed by atoms with E-state index in [1.54, 1.807) is 12.1 Å². The molecule has 2 aliphatic rings. The van der Waals surface area contributed by atoms with Gasteiger partial charge in [0.15, 0.2) is 0 Å². The number of ether oxygens (including phenoxy) is 2. The van der Waals surface area contributed by atoms with Gasteiger partial charge in [0.2, 0.25) is 0 Å².